The van der Waals surface area contributed by atoms with Gasteiger partial charge in [0.15, 0.2) is 0 Å². The summed E-state index contributed by atoms with van der Waals surface area (Å²) in [4.78, 5) is 57.1. The van der Waals surface area contributed by atoms with E-state index in [1.807, 2.05) is 22.8 Å². The van der Waals surface area contributed by atoms with Crippen molar-refractivity contribution in [1.29, 1.82) is 0 Å². The lowest BCUT2D eigenvalue weighted by Gasteiger charge is -2.47. The van der Waals surface area contributed by atoms with Crippen molar-refractivity contribution in [1.82, 2.24) is 14.8 Å². The number of benzene rings is 2. The van der Waals surface area contributed by atoms with E-state index in [9.17, 15) is 19.2 Å². The van der Waals surface area contributed by atoms with Crippen molar-refractivity contribution in [3.63, 3.8) is 0 Å². The summed E-state index contributed by atoms with van der Waals surface area (Å²) in [6.07, 6.45) is 1.05. The molecule has 212 valence electrons. The Kier molecular flexibility index (Phi) is 6.86. The Morgan fingerprint density at radius 2 is 1.54 bits per heavy atom. The number of aromatic nitrogens is 1. The Bertz CT molecular complexity index is 1550. The van der Waals surface area contributed by atoms with Gasteiger partial charge in [-0.1, -0.05) is 18.2 Å². The van der Waals surface area contributed by atoms with Crippen LogP contribution < -0.4 is 25.2 Å². The molecule has 4 heterocycles. The largest absolute Gasteiger partial charge is 0.497 e. The summed E-state index contributed by atoms with van der Waals surface area (Å²) in [5.41, 5.74) is 0.537. The Hall–Kier alpha value is -4.44. The fourth-order valence-electron chi connectivity index (χ4n) is 6.59. The smallest absolute Gasteiger partial charge is 0.335 e. The Labute approximate surface area is 237 Å². The molecule has 0 saturated carbocycles. The zero-order chi connectivity index (χ0) is 28.7. The topological polar surface area (TPSA) is 110 Å². The molecule has 6 rings (SSSR count). The van der Waals surface area contributed by atoms with Crippen molar-refractivity contribution in [2.75, 3.05) is 38.8 Å². The van der Waals surface area contributed by atoms with Crippen LogP contribution in [0.2, 0.25) is 0 Å². The summed E-state index contributed by atoms with van der Waals surface area (Å²) in [7, 11) is 3.11. The second-order valence-corrected chi connectivity index (χ2v) is 11.1. The van der Waals surface area contributed by atoms with E-state index in [0.29, 0.717) is 36.8 Å². The van der Waals surface area contributed by atoms with Crippen LogP contribution in [0, 0.1) is 11.3 Å². The molecule has 1 N–H and O–H groups in total. The second-order valence-electron chi connectivity index (χ2n) is 11.1. The van der Waals surface area contributed by atoms with Crippen molar-refractivity contribution in [2.24, 2.45) is 11.3 Å². The quantitative estimate of drug-likeness (QED) is 0.446. The van der Waals surface area contributed by atoms with Crippen molar-refractivity contribution in [2.45, 2.75) is 25.3 Å². The molecule has 3 atom stereocenters. The lowest BCUT2D eigenvalue weighted by Crippen LogP contribution is -2.68. The first-order valence-corrected chi connectivity index (χ1v) is 13.7. The van der Waals surface area contributed by atoms with Crippen LogP contribution in [-0.4, -0.2) is 61.2 Å². The minimum Gasteiger partial charge on any atom is -0.497 e. The number of pyridine rings is 1. The summed E-state index contributed by atoms with van der Waals surface area (Å²) < 4.78 is 12.4. The van der Waals surface area contributed by atoms with E-state index in [1.54, 1.807) is 55.6 Å². The maximum atomic E-state index is 14.4. The first-order chi connectivity index (χ1) is 19.8. The number of fused-ring (bicyclic) bond motifs is 4. The Morgan fingerprint density at radius 3 is 2.22 bits per heavy atom. The molecule has 0 aliphatic carbocycles. The summed E-state index contributed by atoms with van der Waals surface area (Å²) in [6, 6.07) is 18.4. The highest BCUT2D eigenvalue weighted by atomic mass is 16.5. The van der Waals surface area contributed by atoms with Gasteiger partial charge in [-0.3, -0.25) is 19.7 Å². The molecule has 0 spiro atoms. The summed E-state index contributed by atoms with van der Waals surface area (Å²) in [6.45, 7) is 1.97. The highest BCUT2D eigenvalue weighted by Crippen LogP contribution is 2.39. The number of barbiturate groups is 1. The third-order valence-electron chi connectivity index (χ3n) is 8.52. The Balaban J connectivity index is 1.37. The highest BCUT2D eigenvalue weighted by Gasteiger charge is 2.55. The number of imide groups is 2. The number of rotatable bonds is 7. The van der Waals surface area contributed by atoms with E-state index in [-0.39, 0.29) is 30.4 Å². The molecular formula is C31H32N4O6. The molecule has 3 aromatic rings. The normalized spacial score (nSPS) is 24.0. The average molecular weight is 557 g/mol. The number of carbonyl (C=O) groups is 3. The number of hydrogen-bond donors (Lipinski definition) is 1. The molecule has 10 heteroatoms. The van der Waals surface area contributed by atoms with Gasteiger partial charge in [-0.2, -0.15) is 0 Å². The zero-order valence-electron chi connectivity index (χ0n) is 23.0. The van der Waals surface area contributed by atoms with E-state index in [4.69, 9.17) is 9.47 Å². The molecule has 10 nitrogen and oxygen atoms in total. The zero-order valence-corrected chi connectivity index (χ0v) is 23.0. The highest BCUT2D eigenvalue weighted by molar-refractivity contribution is 6.30. The number of likely N-dealkylation sites (tertiary alicyclic amines) is 1. The molecule has 3 aliphatic rings. The van der Waals surface area contributed by atoms with Crippen molar-refractivity contribution >= 4 is 23.5 Å². The number of hydrogen-bond acceptors (Lipinski definition) is 7. The number of ether oxygens (including phenoxy) is 2. The van der Waals surface area contributed by atoms with Crippen LogP contribution in [0.1, 0.15) is 23.6 Å². The molecule has 3 aliphatic heterocycles. The minimum absolute atomic E-state index is 0.00268. The monoisotopic (exact) mass is 556 g/mol. The first kappa shape index (κ1) is 26.8. The maximum Gasteiger partial charge on any atom is 0.335 e. The summed E-state index contributed by atoms with van der Waals surface area (Å²) >= 11 is 0. The van der Waals surface area contributed by atoms with E-state index < -0.39 is 23.3 Å². The third kappa shape index (κ3) is 4.78. The molecule has 0 radical (unpaired) electrons. The average Bonchev–Trinajstić information content (AvgIpc) is 2.97. The molecule has 41 heavy (non-hydrogen) atoms. The van der Waals surface area contributed by atoms with Crippen LogP contribution in [0.4, 0.5) is 10.5 Å². The Morgan fingerprint density at radius 1 is 0.854 bits per heavy atom. The van der Waals surface area contributed by atoms with E-state index >= 15 is 0 Å². The molecule has 1 aromatic heterocycles. The molecule has 2 fully saturated rings. The van der Waals surface area contributed by atoms with E-state index in [1.165, 1.54) is 7.11 Å². The van der Waals surface area contributed by atoms with Gasteiger partial charge in [0, 0.05) is 43.9 Å². The van der Waals surface area contributed by atoms with Crippen LogP contribution in [0.25, 0.3) is 0 Å². The van der Waals surface area contributed by atoms with Gasteiger partial charge in [0.1, 0.15) is 16.9 Å². The number of anilines is 1. The van der Waals surface area contributed by atoms with Gasteiger partial charge in [0.25, 0.3) is 11.5 Å². The molecule has 4 amide bonds. The predicted molar refractivity (Wildman–Crippen MR) is 151 cm³/mol. The van der Waals surface area contributed by atoms with Gasteiger partial charge >= 0.3 is 6.03 Å². The number of amides is 4. The first-order valence-electron chi connectivity index (χ1n) is 13.7. The van der Waals surface area contributed by atoms with Gasteiger partial charge in [-0.15, -0.1) is 0 Å². The molecular weight excluding hydrogens is 524 g/mol. The summed E-state index contributed by atoms with van der Waals surface area (Å²) in [5, 5.41) is 2.48. The SMILES string of the molecule is COc1ccc(C[C@]2(CN3C[C@@H]4C[C@H](C3)c3cccc(=O)n3C4)C(=O)NC(=O)N(c3ccc(OC)cc3)C2=O)cc1. The van der Waals surface area contributed by atoms with Gasteiger partial charge in [0.05, 0.1) is 19.9 Å². The van der Waals surface area contributed by atoms with Crippen LogP contribution in [0.5, 0.6) is 11.5 Å². The molecule has 2 aromatic carbocycles. The van der Waals surface area contributed by atoms with Crippen LogP contribution in [-0.2, 0) is 22.6 Å². The molecule has 0 unspecified atom stereocenters. The third-order valence-corrected chi connectivity index (χ3v) is 8.52. The number of carbonyl (C=O) groups excluding carboxylic acids is 3. The van der Waals surface area contributed by atoms with Gasteiger partial charge < -0.3 is 18.9 Å². The van der Waals surface area contributed by atoms with Gasteiger partial charge in [-0.25, -0.2) is 9.69 Å². The van der Waals surface area contributed by atoms with Crippen molar-refractivity contribution in [3.8, 4) is 11.5 Å². The van der Waals surface area contributed by atoms with Crippen LogP contribution >= 0.6 is 0 Å². The van der Waals surface area contributed by atoms with Gasteiger partial charge in [-0.05, 0) is 66.8 Å². The van der Waals surface area contributed by atoms with Gasteiger partial charge in [0.2, 0.25) is 5.91 Å². The summed E-state index contributed by atoms with van der Waals surface area (Å²) in [5.74, 6) is 0.379. The number of nitrogens with zero attached hydrogens (tertiary/aromatic N) is 3. The molecule has 2 bridgehead atoms. The van der Waals surface area contributed by atoms with E-state index in [0.717, 1.165) is 22.6 Å². The van der Waals surface area contributed by atoms with Crippen LogP contribution in [0.3, 0.4) is 0 Å². The number of nitrogens with one attached hydrogen (secondary N) is 1. The second kappa shape index (κ2) is 10.5. The number of urea groups is 1. The number of methoxy groups -OCH3 is 2. The fraction of sp³-hybridized carbons (Fsp3) is 0.355. The maximum absolute atomic E-state index is 14.4. The molecule has 2 saturated heterocycles. The lowest BCUT2D eigenvalue weighted by atomic mass is 9.75. The standard InChI is InChI=1S/C31H32N4O6/c1-40-24-10-6-20(7-11-24)15-31(19-33-16-21-14-22(18-33)26-4-3-5-27(36)34(26)17-21)28(37)32-30(39)35(29(31)38)23-8-12-25(41-2)13-9-23/h3-13,21-22H,14-19H2,1-2H3,(H,32,37,39)/t21-,22+,31-/m0/s1. The minimum atomic E-state index is -1.57. The van der Waals surface area contributed by atoms with Crippen molar-refractivity contribution < 1.29 is 23.9 Å². The number of piperidine rings is 1. The van der Waals surface area contributed by atoms with Crippen LogP contribution in [0.15, 0.2) is 71.5 Å². The predicted octanol–water partition coefficient (Wildman–Crippen LogP) is 2.80. The van der Waals surface area contributed by atoms with E-state index in [2.05, 4.69) is 10.2 Å². The van der Waals surface area contributed by atoms with Crippen molar-refractivity contribution in [3.05, 3.63) is 88.3 Å². The fourth-order valence-corrected chi connectivity index (χ4v) is 6.59. The lowest BCUT2D eigenvalue weighted by molar-refractivity contribution is -0.144.